The van der Waals surface area contributed by atoms with Crippen LogP contribution < -0.4 is 0 Å². The summed E-state index contributed by atoms with van der Waals surface area (Å²) in [6.07, 6.45) is 4.13. The van der Waals surface area contributed by atoms with Crippen LogP contribution in [0.15, 0.2) is 59.0 Å². The highest BCUT2D eigenvalue weighted by Gasteiger charge is 2.27. The van der Waals surface area contributed by atoms with Crippen molar-refractivity contribution in [3.05, 3.63) is 66.1 Å². The number of hydrogen-bond donors (Lipinski definition) is 0. The summed E-state index contributed by atoms with van der Waals surface area (Å²) < 4.78 is 6.05. The number of aromatic nitrogens is 1. The highest BCUT2D eigenvalue weighted by Crippen LogP contribution is 2.27. The van der Waals surface area contributed by atoms with Crippen LogP contribution in [0.3, 0.4) is 0 Å². The highest BCUT2D eigenvalue weighted by molar-refractivity contribution is 5.78. The van der Waals surface area contributed by atoms with E-state index in [0.717, 1.165) is 62.6 Å². The first-order chi connectivity index (χ1) is 15.7. The number of likely N-dealkylation sites (tertiary alicyclic amines) is 2. The molecule has 3 heterocycles. The zero-order chi connectivity index (χ0) is 21.9. The average molecular weight is 430 g/mol. The molecule has 0 unspecified atom stereocenters. The van der Waals surface area contributed by atoms with E-state index in [9.17, 15) is 4.79 Å². The van der Waals surface area contributed by atoms with Gasteiger partial charge in [0, 0.05) is 38.2 Å². The Kier molecular flexibility index (Phi) is 6.08. The van der Waals surface area contributed by atoms with Crippen LogP contribution in [0.4, 0.5) is 0 Å². The van der Waals surface area contributed by atoms with Crippen LogP contribution in [0.25, 0.3) is 22.6 Å². The number of aryl methyl sites for hydroxylation is 1. The van der Waals surface area contributed by atoms with Gasteiger partial charge in [-0.25, -0.2) is 4.98 Å². The summed E-state index contributed by atoms with van der Waals surface area (Å²) in [7, 11) is 0. The predicted octanol–water partition coefficient (Wildman–Crippen LogP) is 5.15. The molecule has 0 radical (unpaired) electrons. The van der Waals surface area contributed by atoms with Crippen LogP contribution in [-0.2, 0) is 11.3 Å². The normalized spacial score (nSPS) is 19.6. The molecular formula is C27H31N3O2. The molecule has 1 atom stereocenters. The average Bonchev–Trinajstić information content (AvgIpc) is 3.40. The standard InChI is InChI=1S/C27H31N3O2/c1-20-25(19-29-15-5-7-21(17-29)18-30-16-6-10-26(30)31)28-27(32-20)24-13-11-23(12-14-24)22-8-3-2-4-9-22/h2-4,8-9,11-14,21H,5-7,10,15-19H2,1H3/t21-/m1/s1. The maximum atomic E-state index is 12.0. The summed E-state index contributed by atoms with van der Waals surface area (Å²) in [6.45, 7) is 6.77. The fraction of sp³-hybridized carbons (Fsp3) is 0.407. The van der Waals surface area contributed by atoms with E-state index in [4.69, 9.17) is 9.40 Å². The van der Waals surface area contributed by atoms with Crippen molar-refractivity contribution in [2.75, 3.05) is 26.2 Å². The van der Waals surface area contributed by atoms with Gasteiger partial charge in [-0.3, -0.25) is 9.69 Å². The Morgan fingerprint density at radius 3 is 2.47 bits per heavy atom. The number of nitrogens with zero attached hydrogens (tertiary/aromatic N) is 3. The van der Waals surface area contributed by atoms with Gasteiger partial charge in [-0.15, -0.1) is 0 Å². The second-order valence-corrected chi connectivity index (χ2v) is 9.15. The molecule has 1 amide bonds. The summed E-state index contributed by atoms with van der Waals surface area (Å²) in [5.74, 6) is 2.47. The molecular weight excluding hydrogens is 398 g/mol. The molecule has 2 fully saturated rings. The fourth-order valence-electron chi connectivity index (χ4n) is 5.00. The van der Waals surface area contributed by atoms with Crippen LogP contribution in [-0.4, -0.2) is 46.9 Å². The first kappa shape index (κ1) is 21.0. The van der Waals surface area contributed by atoms with Gasteiger partial charge in [0.2, 0.25) is 11.8 Å². The number of piperidine rings is 1. The lowest BCUT2D eigenvalue weighted by molar-refractivity contribution is -0.128. The molecule has 0 spiro atoms. The predicted molar refractivity (Wildman–Crippen MR) is 126 cm³/mol. The van der Waals surface area contributed by atoms with E-state index in [1.165, 1.54) is 24.0 Å². The van der Waals surface area contributed by atoms with Gasteiger partial charge in [-0.05, 0) is 61.9 Å². The van der Waals surface area contributed by atoms with Crippen molar-refractivity contribution in [1.29, 1.82) is 0 Å². The third-order valence-electron chi connectivity index (χ3n) is 6.76. The number of oxazole rings is 1. The minimum Gasteiger partial charge on any atom is -0.441 e. The molecule has 0 N–H and O–H groups in total. The maximum Gasteiger partial charge on any atom is 0.226 e. The van der Waals surface area contributed by atoms with Crippen LogP contribution in [0.5, 0.6) is 0 Å². The molecule has 2 aromatic carbocycles. The lowest BCUT2D eigenvalue weighted by Gasteiger charge is -2.34. The molecule has 32 heavy (non-hydrogen) atoms. The highest BCUT2D eigenvalue weighted by atomic mass is 16.4. The van der Waals surface area contributed by atoms with Crippen LogP contribution in [0.2, 0.25) is 0 Å². The van der Waals surface area contributed by atoms with Crippen molar-refractivity contribution < 1.29 is 9.21 Å². The maximum absolute atomic E-state index is 12.0. The van der Waals surface area contributed by atoms with Gasteiger partial charge >= 0.3 is 0 Å². The SMILES string of the molecule is Cc1oc(-c2ccc(-c3ccccc3)cc2)nc1CN1CCC[C@@H](CN2CCCC2=O)C1. The summed E-state index contributed by atoms with van der Waals surface area (Å²) in [4.78, 5) is 21.4. The molecule has 5 heteroatoms. The Balaban J connectivity index is 1.24. The molecule has 3 aromatic rings. The molecule has 1 aromatic heterocycles. The number of carbonyl (C=O) groups excluding carboxylic acids is 1. The fourth-order valence-corrected chi connectivity index (χ4v) is 5.00. The summed E-state index contributed by atoms with van der Waals surface area (Å²) in [5.41, 5.74) is 4.42. The Morgan fingerprint density at radius 1 is 0.969 bits per heavy atom. The number of rotatable bonds is 6. The molecule has 2 saturated heterocycles. The second-order valence-electron chi connectivity index (χ2n) is 9.15. The zero-order valence-corrected chi connectivity index (χ0v) is 18.8. The second kappa shape index (κ2) is 9.29. The van der Waals surface area contributed by atoms with E-state index < -0.39 is 0 Å². The van der Waals surface area contributed by atoms with E-state index >= 15 is 0 Å². The van der Waals surface area contributed by atoms with Gasteiger partial charge in [-0.1, -0.05) is 42.5 Å². The van der Waals surface area contributed by atoms with Gasteiger partial charge in [0.05, 0.1) is 5.69 Å². The molecule has 5 nitrogen and oxygen atoms in total. The van der Waals surface area contributed by atoms with E-state index in [0.29, 0.717) is 17.7 Å². The quantitative estimate of drug-likeness (QED) is 0.544. The largest absolute Gasteiger partial charge is 0.441 e. The summed E-state index contributed by atoms with van der Waals surface area (Å²) >= 11 is 0. The number of hydrogen-bond acceptors (Lipinski definition) is 4. The Bertz CT molecular complexity index is 1060. The third kappa shape index (κ3) is 4.63. The van der Waals surface area contributed by atoms with E-state index in [-0.39, 0.29) is 0 Å². The van der Waals surface area contributed by atoms with Gasteiger partial charge in [-0.2, -0.15) is 0 Å². The van der Waals surface area contributed by atoms with E-state index in [2.05, 4.69) is 58.3 Å². The smallest absolute Gasteiger partial charge is 0.226 e. The van der Waals surface area contributed by atoms with Gasteiger partial charge in [0.25, 0.3) is 0 Å². The van der Waals surface area contributed by atoms with Gasteiger partial charge < -0.3 is 9.32 Å². The molecule has 2 aliphatic rings. The topological polar surface area (TPSA) is 49.6 Å². The zero-order valence-electron chi connectivity index (χ0n) is 18.8. The van der Waals surface area contributed by atoms with Crippen molar-refractivity contribution in [1.82, 2.24) is 14.8 Å². The van der Waals surface area contributed by atoms with Gasteiger partial charge in [0.1, 0.15) is 5.76 Å². The Hall–Kier alpha value is -2.92. The third-order valence-corrected chi connectivity index (χ3v) is 6.76. The monoisotopic (exact) mass is 429 g/mol. The van der Waals surface area contributed by atoms with Crippen molar-refractivity contribution in [3.63, 3.8) is 0 Å². The molecule has 0 aliphatic carbocycles. The van der Waals surface area contributed by atoms with Crippen LogP contribution >= 0.6 is 0 Å². The molecule has 5 rings (SSSR count). The van der Waals surface area contributed by atoms with Crippen molar-refractivity contribution in [2.45, 2.75) is 39.2 Å². The van der Waals surface area contributed by atoms with E-state index in [1.807, 2.05) is 13.0 Å². The molecule has 166 valence electrons. The summed E-state index contributed by atoms with van der Waals surface area (Å²) in [5, 5.41) is 0. The molecule has 2 aliphatic heterocycles. The van der Waals surface area contributed by atoms with Crippen LogP contribution in [0, 0.1) is 12.8 Å². The number of benzene rings is 2. The lowest BCUT2D eigenvalue weighted by Crippen LogP contribution is -2.41. The number of carbonyl (C=O) groups is 1. The Labute approximate surface area is 190 Å². The number of amides is 1. The lowest BCUT2D eigenvalue weighted by atomic mass is 9.97. The van der Waals surface area contributed by atoms with Gasteiger partial charge in [0.15, 0.2) is 0 Å². The van der Waals surface area contributed by atoms with Crippen molar-refractivity contribution in [3.8, 4) is 22.6 Å². The minimum absolute atomic E-state index is 0.331. The molecule has 0 bridgehead atoms. The minimum atomic E-state index is 0.331. The first-order valence-corrected chi connectivity index (χ1v) is 11.8. The van der Waals surface area contributed by atoms with Crippen molar-refractivity contribution >= 4 is 5.91 Å². The summed E-state index contributed by atoms with van der Waals surface area (Å²) in [6, 6.07) is 18.8. The van der Waals surface area contributed by atoms with Crippen LogP contribution in [0.1, 0.15) is 37.1 Å². The van der Waals surface area contributed by atoms with Crippen molar-refractivity contribution in [2.24, 2.45) is 5.92 Å². The first-order valence-electron chi connectivity index (χ1n) is 11.8. The Morgan fingerprint density at radius 2 is 1.72 bits per heavy atom. The van der Waals surface area contributed by atoms with E-state index in [1.54, 1.807) is 0 Å². The molecule has 0 saturated carbocycles.